The van der Waals surface area contributed by atoms with E-state index in [9.17, 15) is 18.0 Å². The van der Waals surface area contributed by atoms with Gasteiger partial charge in [0.15, 0.2) is 0 Å². The fourth-order valence-electron chi connectivity index (χ4n) is 1.55. The Kier molecular flexibility index (Phi) is 5.20. The smallest absolute Gasteiger partial charge is 0.323 e. The molecule has 19 heavy (non-hydrogen) atoms. The molecular formula is C12H14ClF3N2O. The quantitative estimate of drug-likeness (QED) is 0.894. The van der Waals surface area contributed by atoms with Crippen molar-refractivity contribution >= 4 is 23.2 Å². The highest BCUT2D eigenvalue weighted by Crippen LogP contribution is 2.38. The van der Waals surface area contributed by atoms with Crippen molar-refractivity contribution in [2.75, 3.05) is 5.32 Å². The third-order valence-corrected chi connectivity index (χ3v) is 2.82. The molecule has 1 aromatic rings. The molecule has 1 atom stereocenters. The van der Waals surface area contributed by atoms with E-state index in [0.29, 0.717) is 12.8 Å². The molecule has 7 heteroatoms. The van der Waals surface area contributed by atoms with E-state index in [0.717, 1.165) is 6.07 Å². The Morgan fingerprint density at radius 3 is 2.63 bits per heavy atom. The lowest BCUT2D eigenvalue weighted by atomic mass is 10.1. The molecule has 3 N–H and O–H groups in total. The Morgan fingerprint density at radius 2 is 2.11 bits per heavy atom. The highest BCUT2D eigenvalue weighted by atomic mass is 35.5. The second kappa shape index (κ2) is 6.25. The van der Waals surface area contributed by atoms with Gasteiger partial charge in [-0.15, -0.1) is 0 Å². The van der Waals surface area contributed by atoms with Crippen LogP contribution in [0.4, 0.5) is 18.9 Å². The highest BCUT2D eigenvalue weighted by Gasteiger charge is 2.35. The third-order valence-electron chi connectivity index (χ3n) is 2.50. The lowest BCUT2D eigenvalue weighted by Crippen LogP contribution is -2.36. The minimum Gasteiger partial charge on any atom is -0.323 e. The van der Waals surface area contributed by atoms with Gasteiger partial charge in [-0.2, -0.15) is 13.2 Å². The van der Waals surface area contributed by atoms with Gasteiger partial charge in [-0.05, 0) is 18.6 Å². The average molecular weight is 295 g/mol. The maximum absolute atomic E-state index is 12.8. The van der Waals surface area contributed by atoms with E-state index in [4.69, 9.17) is 17.3 Å². The van der Waals surface area contributed by atoms with Crippen molar-refractivity contribution in [1.29, 1.82) is 0 Å². The third kappa shape index (κ3) is 4.11. The van der Waals surface area contributed by atoms with E-state index in [1.165, 1.54) is 12.1 Å². The van der Waals surface area contributed by atoms with Gasteiger partial charge in [0.05, 0.1) is 22.3 Å². The normalized spacial score (nSPS) is 13.2. The van der Waals surface area contributed by atoms with Gasteiger partial charge in [0.25, 0.3) is 0 Å². The maximum Gasteiger partial charge on any atom is 0.418 e. The van der Waals surface area contributed by atoms with Crippen molar-refractivity contribution < 1.29 is 18.0 Å². The number of alkyl halides is 3. The molecule has 0 heterocycles. The summed E-state index contributed by atoms with van der Waals surface area (Å²) in [4.78, 5) is 11.7. The molecule has 1 aromatic carbocycles. The second-order valence-electron chi connectivity index (χ2n) is 4.04. The predicted octanol–water partition coefficient (Wildman–Crippen LogP) is 3.42. The number of rotatable bonds is 4. The lowest BCUT2D eigenvalue weighted by Gasteiger charge is -2.17. The molecule has 0 fully saturated rings. The molecule has 0 spiro atoms. The minimum absolute atomic E-state index is 0.174. The van der Waals surface area contributed by atoms with E-state index in [1.54, 1.807) is 0 Å². The van der Waals surface area contributed by atoms with Crippen LogP contribution in [0.5, 0.6) is 0 Å². The Hall–Kier alpha value is -1.27. The largest absolute Gasteiger partial charge is 0.418 e. The summed E-state index contributed by atoms with van der Waals surface area (Å²) in [5.41, 5.74) is 4.11. The standard InChI is InChI=1S/C12H14ClF3N2O/c1-2-4-9(17)11(19)18-10-7(12(14,15)16)5-3-6-8(10)13/h3,5-6,9H,2,4,17H2,1H3,(H,18,19). The number of hydrogen-bond acceptors (Lipinski definition) is 2. The molecule has 0 aliphatic rings. The first-order valence-corrected chi connectivity index (χ1v) is 6.07. The average Bonchev–Trinajstić information content (AvgIpc) is 2.30. The summed E-state index contributed by atoms with van der Waals surface area (Å²) >= 11 is 5.71. The van der Waals surface area contributed by atoms with Crippen LogP contribution in [0.3, 0.4) is 0 Å². The number of nitrogens with one attached hydrogen (secondary N) is 1. The predicted molar refractivity (Wildman–Crippen MR) is 68.0 cm³/mol. The van der Waals surface area contributed by atoms with Crippen LogP contribution in [0.2, 0.25) is 5.02 Å². The number of amides is 1. The summed E-state index contributed by atoms with van der Waals surface area (Å²) in [5.74, 6) is -0.680. The van der Waals surface area contributed by atoms with Crippen LogP contribution >= 0.6 is 11.6 Å². The molecule has 3 nitrogen and oxygen atoms in total. The summed E-state index contributed by atoms with van der Waals surface area (Å²) in [6.07, 6.45) is -3.55. The first-order chi connectivity index (χ1) is 8.77. The zero-order chi connectivity index (χ0) is 14.6. The first kappa shape index (κ1) is 15.8. The fraction of sp³-hybridized carbons (Fsp3) is 0.417. The summed E-state index contributed by atoms with van der Waals surface area (Å²) in [7, 11) is 0. The number of nitrogens with two attached hydrogens (primary N) is 1. The molecule has 1 unspecified atom stereocenters. The number of halogens is 4. The highest BCUT2D eigenvalue weighted by molar-refractivity contribution is 6.34. The minimum atomic E-state index is -4.59. The van der Waals surface area contributed by atoms with Crippen LogP contribution in [0.15, 0.2) is 18.2 Å². The number of anilines is 1. The Balaban J connectivity index is 3.04. The zero-order valence-electron chi connectivity index (χ0n) is 10.2. The molecule has 0 radical (unpaired) electrons. The van der Waals surface area contributed by atoms with Gasteiger partial charge in [-0.25, -0.2) is 0 Å². The summed E-state index contributed by atoms with van der Waals surface area (Å²) in [6.45, 7) is 1.82. The molecule has 0 saturated carbocycles. The second-order valence-corrected chi connectivity index (χ2v) is 4.45. The maximum atomic E-state index is 12.8. The van der Waals surface area contributed by atoms with Crippen LogP contribution in [-0.2, 0) is 11.0 Å². The van der Waals surface area contributed by atoms with Crippen LogP contribution in [0, 0.1) is 0 Å². The van der Waals surface area contributed by atoms with E-state index in [2.05, 4.69) is 5.32 Å². The van der Waals surface area contributed by atoms with Gasteiger partial charge in [0, 0.05) is 0 Å². The fourth-order valence-corrected chi connectivity index (χ4v) is 1.77. The first-order valence-electron chi connectivity index (χ1n) is 5.69. The van der Waals surface area contributed by atoms with Crippen LogP contribution in [0.25, 0.3) is 0 Å². The molecule has 106 valence electrons. The van der Waals surface area contributed by atoms with Gasteiger partial charge in [0.1, 0.15) is 0 Å². The lowest BCUT2D eigenvalue weighted by molar-refractivity contribution is -0.137. The summed E-state index contributed by atoms with van der Waals surface area (Å²) < 4.78 is 38.4. The molecule has 0 aromatic heterocycles. The Labute approximate surface area is 113 Å². The summed E-state index contributed by atoms with van der Waals surface area (Å²) in [6, 6.07) is 2.44. The molecule has 0 saturated heterocycles. The number of carbonyl (C=O) groups excluding carboxylic acids is 1. The van der Waals surface area contributed by atoms with E-state index < -0.39 is 29.4 Å². The number of carbonyl (C=O) groups is 1. The van der Waals surface area contributed by atoms with Gasteiger partial charge in [-0.3, -0.25) is 4.79 Å². The molecule has 1 amide bonds. The Bertz CT molecular complexity index is 463. The zero-order valence-corrected chi connectivity index (χ0v) is 11.0. The van der Waals surface area contributed by atoms with Gasteiger partial charge in [-0.1, -0.05) is 31.0 Å². The van der Waals surface area contributed by atoms with Crippen molar-refractivity contribution in [2.45, 2.75) is 32.0 Å². The topological polar surface area (TPSA) is 55.1 Å². The molecular weight excluding hydrogens is 281 g/mol. The van der Waals surface area contributed by atoms with Crippen LogP contribution in [-0.4, -0.2) is 11.9 Å². The van der Waals surface area contributed by atoms with Crippen molar-refractivity contribution in [3.63, 3.8) is 0 Å². The van der Waals surface area contributed by atoms with Crippen molar-refractivity contribution in [2.24, 2.45) is 5.73 Å². The molecule has 0 bridgehead atoms. The molecule has 0 aliphatic heterocycles. The van der Waals surface area contributed by atoms with Crippen molar-refractivity contribution in [3.8, 4) is 0 Å². The number of benzene rings is 1. The SMILES string of the molecule is CCCC(N)C(=O)Nc1c(Cl)cccc1C(F)(F)F. The van der Waals surface area contributed by atoms with Crippen molar-refractivity contribution in [3.05, 3.63) is 28.8 Å². The van der Waals surface area contributed by atoms with Crippen molar-refractivity contribution in [1.82, 2.24) is 0 Å². The van der Waals surface area contributed by atoms with Gasteiger partial charge < -0.3 is 11.1 Å². The van der Waals surface area contributed by atoms with Crippen LogP contribution in [0.1, 0.15) is 25.3 Å². The van der Waals surface area contributed by atoms with E-state index in [1.807, 2.05) is 6.92 Å². The number of hydrogen-bond donors (Lipinski definition) is 2. The van der Waals surface area contributed by atoms with Gasteiger partial charge in [0.2, 0.25) is 5.91 Å². The summed E-state index contributed by atoms with van der Waals surface area (Å²) in [5, 5.41) is 1.98. The van der Waals surface area contributed by atoms with E-state index in [-0.39, 0.29) is 5.02 Å². The Morgan fingerprint density at radius 1 is 1.47 bits per heavy atom. The molecule has 1 rings (SSSR count). The van der Waals surface area contributed by atoms with Gasteiger partial charge >= 0.3 is 6.18 Å². The molecule has 0 aliphatic carbocycles. The number of para-hydroxylation sites is 1. The van der Waals surface area contributed by atoms with Crippen LogP contribution < -0.4 is 11.1 Å². The van der Waals surface area contributed by atoms with E-state index >= 15 is 0 Å². The monoisotopic (exact) mass is 294 g/mol.